The molecule has 0 aromatic heterocycles. The Balaban J connectivity index is 2.15. The monoisotopic (exact) mass is 307 g/mol. The topological polar surface area (TPSA) is 3.24 Å². The van der Waals surface area contributed by atoms with Gasteiger partial charge in [-0.25, -0.2) is 0 Å². The van der Waals surface area contributed by atoms with Crippen molar-refractivity contribution in [2.75, 3.05) is 0 Å². The van der Waals surface area contributed by atoms with Crippen molar-refractivity contribution in [3.05, 3.63) is 83.9 Å². The predicted octanol–water partition coefficient (Wildman–Crippen LogP) is 5.68. The summed E-state index contributed by atoms with van der Waals surface area (Å²) in [6.07, 6.45) is 4.66. The van der Waals surface area contributed by atoms with Gasteiger partial charge < -0.3 is 0 Å². The average Bonchev–Trinajstić information content (AvgIpc) is 2.53. The lowest BCUT2D eigenvalue weighted by Crippen LogP contribution is -2.31. The molecule has 1 nitrogen and oxygen atoms in total. The van der Waals surface area contributed by atoms with Crippen LogP contribution in [0.4, 0.5) is 0 Å². The molecule has 0 bridgehead atoms. The third-order valence-electron chi connectivity index (χ3n) is 3.91. The third-order valence-corrected chi connectivity index (χ3v) is 3.91. The summed E-state index contributed by atoms with van der Waals surface area (Å²) in [7, 11) is 0. The molecule has 0 fully saturated rings. The molecule has 0 unspecified atom stereocenters. The number of benzene rings is 2. The second kappa shape index (κ2) is 8.12. The van der Waals surface area contributed by atoms with Gasteiger partial charge in [-0.1, -0.05) is 93.6 Å². The van der Waals surface area contributed by atoms with E-state index in [1.54, 1.807) is 0 Å². The third kappa shape index (κ3) is 6.42. The zero-order chi connectivity index (χ0) is 16.7. The van der Waals surface area contributed by atoms with Crippen LogP contribution in [0, 0.1) is 5.41 Å². The van der Waals surface area contributed by atoms with Gasteiger partial charge in [0.1, 0.15) is 0 Å². The van der Waals surface area contributed by atoms with Crippen molar-refractivity contribution in [2.45, 2.75) is 46.8 Å². The Labute approximate surface area is 141 Å². The number of hydrogen-bond donors (Lipinski definition) is 0. The molecule has 0 aliphatic heterocycles. The number of rotatable bonds is 6. The minimum Gasteiger partial charge on any atom is -0.289 e. The highest BCUT2D eigenvalue weighted by molar-refractivity contribution is 5.18. The summed E-state index contributed by atoms with van der Waals surface area (Å²) in [4.78, 5) is 2.52. The standard InChI is InChI=1S/C22H29N/c1-19(15-16-22(2,3)4)23(17-20-11-7-5-8-12-20)18-21-13-9-6-10-14-21/h5-16,19H,17-18H2,1-4H3/b16-15+/t19-/m0/s1. The van der Waals surface area contributed by atoms with Crippen LogP contribution >= 0.6 is 0 Å². The zero-order valence-electron chi connectivity index (χ0n) is 14.9. The summed E-state index contributed by atoms with van der Waals surface area (Å²) in [6.45, 7) is 10.9. The fourth-order valence-corrected chi connectivity index (χ4v) is 2.53. The minimum absolute atomic E-state index is 0.222. The molecular formula is C22H29N. The summed E-state index contributed by atoms with van der Waals surface area (Å²) >= 11 is 0. The van der Waals surface area contributed by atoms with E-state index in [4.69, 9.17) is 0 Å². The van der Waals surface area contributed by atoms with Gasteiger partial charge in [0, 0.05) is 19.1 Å². The van der Waals surface area contributed by atoms with Crippen molar-refractivity contribution in [1.29, 1.82) is 0 Å². The lowest BCUT2D eigenvalue weighted by atomic mass is 9.95. The van der Waals surface area contributed by atoms with E-state index in [1.807, 2.05) is 0 Å². The molecule has 0 heterocycles. The molecule has 2 aromatic carbocycles. The zero-order valence-corrected chi connectivity index (χ0v) is 14.9. The largest absolute Gasteiger partial charge is 0.289 e. The lowest BCUT2D eigenvalue weighted by molar-refractivity contribution is 0.222. The highest BCUT2D eigenvalue weighted by atomic mass is 15.1. The van der Waals surface area contributed by atoms with Crippen LogP contribution in [0.2, 0.25) is 0 Å². The summed E-state index contributed by atoms with van der Waals surface area (Å²) in [5.41, 5.74) is 2.94. The molecule has 0 amide bonds. The van der Waals surface area contributed by atoms with Gasteiger partial charge in [-0.3, -0.25) is 4.90 Å². The van der Waals surface area contributed by atoms with Crippen LogP contribution in [-0.4, -0.2) is 10.9 Å². The van der Waals surface area contributed by atoms with Crippen LogP contribution in [0.25, 0.3) is 0 Å². The van der Waals surface area contributed by atoms with Crippen LogP contribution in [0.5, 0.6) is 0 Å². The quantitative estimate of drug-likeness (QED) is 0.621. The predicted molar refractivity (Wildman–Crippen MR) is 100 cm³/mol. The Bertz CT molecular complexity index is 551. The van der Waals surface area contributed by atoms with E-state index in [-0.39, 0.29) is 5.41 Å². The van der Waals surface area contributed by atoms with Crippen molar-refractivity contribution in [3.63, 3.8) is 0 Å². The van der Waals surface area contributed by atoms with Gasteiger partial charge in [0.15, 0.2) is 0 Å². The molecule has 122 valence electrons. The first-order valence-electron chi connectivity index (χ1n) is 8.45. The molecule has 23 heavy (non-hydrogen) atoms. The summed E-state index contributed by atoms with van der Waals surface area (Å²) in [5, 5.41) is 0. The first kappa shape index (κ1) is 17.5. The van der Waals surface area contributed by atoms with Crippen molar-refractivity contribution in [2.24, 2.45) is 5.41 Å². The molecule has 0 spiro atoms. The van der Waals surface area contributed by atoms with E-state index in [9.17, 15) is 0 Å². The van der Waals surface area contributed by atoms with E-state index in [2.05, 4.69) is 105 Å². The van der Waals surface area contributed by atoms with Gasteiger partial charge in [-0.05, 0) is 23.5 Å². The van der Waals surface area contributed by atoms with Gasteiger partial charge in [-0.15, -0.1) is 0 Å². The van der Waals surface area contributed by atoms with Crippen molar-refractivity contribution >= 4 is 0 Å². The van der Waals surface area contributed by atoms with Crippen LogP contribution in [0.3, 0.4) is 0 Å². The fourth-order valence-electron chi connectivity index (χ4n) is 2.53. The summed E-state index contributed by atoms with van der Waals surface area (Å²) < 4.78 is 0. The molecule has 1 atom stereocenters. The van der Waals surface area contributed by atoms with Crippen LogP contribution in [0.1, 0.15) is 38.8 Å². The maximum absolute atomic E-state index is 2.52. The molecule has 0 N–H and O–H groups in total. The van der Waals surface area contributed by atoms with Crippen LogP contribution in [-0.2, 0) is 13.1 Å². The maximum Gasteiger partial charge on any atom is 0.0257 e. The first-order chi connectivity index (χ1) is 10.9. The molecule has 0 saturated carbocycles. The fraction of sp³-hybridized carbons (Fsp3) is 0.364. The Morgan fingerprint density at radius 3 is 1.65 bits per heavy atom. The number of hydrogen-bond acceptors (Lipinski definition) is 1. The Morgan fingerprint density at radius 1 is 0.826 bits per heavy atom. The summed E-state index contributed by atoms with van der Waals surface area (Å²) in [6, 6.07) is 21.8. The van der Waals surface area contributed by atoms with Gasteiger partial charge in [-0.2, -0.15) is 0 Å². The molecule has 2 rings (SSSR count). The van der Waals surface area contributed by atoms with Crippen LogP contribution < -0.4 is 0 Å². The smallest absolute Gasteiger partial charge is 0.0257 e. The van der Waals surface area contributed by atoms with E-state index < -0.39 is 0 Å². The molecule has 0 radical (unpaired) electrons. The lowest BCUT2D eigenvalue weighted by Gasteiger charge is -2.28. The van der Waals surface area contributed by atoms with Gasteiger partial charge in [0.25, 0.3) is 0 Å². The van der Waals surface area contributed by atoms with Crippen molar-refractivity contribution < 1.29 is 0 Å². The number of nitrogens with zero attached hydrogens (tertiary/aromatic N) is 1. The molecule has 1 heteroatoms. The van der Waals surface area contributed by atoms with E-state index in [0.717, 1.165) is 13.1 Å². The normalized spacial score (nSPS) is 13.6. The molecule has 0 aliphatic carbocycles. The SMILES string of the molecule is C[C@@H](/C=C/C(C)(C)C)N(Cc1ccccc1)Cc1ccccc1. The second-order valence-corrected chi connectivity index (χ2v) is 7.34. The highest BCUT2D eigenvalue weighted by Crippen LogP contribution is 2.18. The maximum atomic E-state index is 2.52. The Hall–Kier alpha value is -1.86. The van der Waals surface area contributed by atoms with Gasteiger partial charge in [0.05, 0.1) is 0 Å². The first-order valence-corrected chi connectivity index (χ1v) is 8.45. The van der Waals surface area contributed by atoms with Gasteiger partial charge in [0.2, 0.25) is 0 Å². The minimum atomic E-state index is 0.222. The highest BCUT2D eigenvalue weighted by Gasteiger charge is 2.14. The van der Waals surface area contributed by atoms with Crippen molar-refractivity contribution in [1.82, 2.24) is 4.90 Å². The second-order valence-electron chi connectivity index (χ2n) is 7.34. The molecular weight excluding hydrogens is 278 g/mol. The molecule has 0 aliphatic rings. The van der Waals surface area contributed by atoms with Crippen molar-refractivity contribution in [3.8, 4) is 0 Å². The Morgan fingerprint density at radius 2 is 1.26 bits per heavy atom. The van der Waals surface area contributed by atoms with Crippen LogP contribution in [0.15, 0.2) is 72.8 Å². The molecule has 0 saturated heterocycles. The van der Waals surface area contributed by atoms with E-state index in [0.29, 0.717) is 6.04 Å². The van der Waals surface area contributed by atoms with Gasteiger partial charge >= 0.3 is 0 Å². The molecule has 2 aromatic rings. The Kier molecular flexibility index (Phi) is 6.18. The summed E-state index contributed by atoms with van der Waals surface area (Å²) in [5.74, 6) is 0. The van der Waals surface area contributed by atoms with E-state index >= 15 is 0 Å². The average molecular weight is 307 g/mol. The number of allylic oxidation sites excluding steroid dienone is 1. The van der Waals surface area contributed by atoms with E-state index in [1.165, 1.54) is 11.1 Å².